The second-order valence-electron chi connectivity index (χ2n) is 11.8. The fourth-order valence-electron chi connectivity index (χ4n) is 4.92. The van der Waals surface area contributed by atoms with Gasteiger partial charge in [0.05, 0.1) is 11.5 Å². The molecular weight excluding hydrogens is 707 g/mol. The number of aromatic nitrogens is 1. The Hall–Kier alpha value is -4.42. The van der Waals surface area contributed by atoms with Gasteiger partial charge in [-0.1, -0.05) is 77.6 Å². The van der Waals surface area contributed by atoms with Gasteiger partial charge >= 0.3 is 18.2 Å². The summed E-state index contributed by atoms with van der Waals surface area (Å²) < 4.78 is 16.8. The van der Waals surface area contributed by atoms with Crippen LogP contribution in [0.4, 0.5) is 5.13 Å². The van der Waals surface area contributed by atoms with Gasteiger partial charge in [-0.05, 0) is 31.9 Å². The molecule has 14 nitrogen and oxygen atoms in total. The van der Waals surface area contributed by atoms with Crippen molar-refractivity contribution in [3.05, 3.63) is 93.5 Å². The van der Waals surface area contributed by atoms with E-state index in [0.29, 0.717) is 10.7 Å². The van der Waals surface area contributed by atoms with Crippen molar-refractivity contribution in [3.8, 4) is 0 Å². The van der Waals surface area contributed by atoms with E-state index in [1.165, 1.54) is 40.9 Å². The Morgan fingerprint density at radius 2 is 1.76 bits per heavy atom. The van der Waals surface area contributed by atoms with Gasteiger partial charge in [0.15, 0.2) is 16.9 Å². The Kier molecular flexibility index (Phi) is 11.8. The number of nitrogens with one attached hydrogen (secondary N) is 1. The van der Waals surface area contributed by atoms with E-state index in [-0.39, 0.29) is 22.5 Å². The van der Waals surface area contributed by atoms with E-state index < -0.39 is 58.9 Å². The zero-order chi connectivity index (χ0) is 36.0. The predicted octanol–water partition coefficient (Wildman–Crippen LogP) is 3.95. The van der Waals surface area contributed by atoms with Crippen LogP contribution in [-0.2, 0) is 38.2 Å². The number of nitrogens with zero attached hydrogens (tertiary/aromatic N) is 3. The molecule has 264 valence electrons. The van der Waals surface area contributed by atoms with Crippen molar-refractivity contribution in [1.29, 1.82) is 0 Å². The molecule has 2 aromatic carbocycles. The summed E-state index contributed by atoms with van der Waals surface area (Å²) in [7, 11) is 1.53. The number of anilines is 1. The van der Waals surface area contributed by atoms with E-state index in [1.807, 2.05) is 60.7 Å². The van der Waals surface area contributed by atoms with Gasteiger partial charge in [0, 0.05) is 23.1 Å². The van der Waals surface area contributed by atoms with Crippen molar-refractivity contribution in [2.45, 2.75) is 50.2 Å². The number of esters is 1. The summed E-state index contributed by atoms with van der Waals surface area (Å²) in [5.41, 5.74) is 6.01. The van der Waals surface area contributed by atoms with Gasteiger partial charge in [0.25, 0.3) is 11.8 Å². The number of hydrogen-bond acceptors (Lipinski definition) is 14. The third-order valence-electron chi connectivity index (χ3n) is 7.08. The van der Waals surface area contributed by atoms with Crippen LogP contribution in [0.3, 0.4) is 0 Å². The number of aliphatic carboxylic acids is 1. The zero-order valence-corrected chi connectivity index (χ0v) is 29.9. The Bertz CT molecular complexity index is 1740. The number of thiazole rings is 1. The molecule has 2 aliphatic rings. The van der Waals surface area contributed by atoms with Crippen LogP contribution in [0.2, 0.25) is 0 Å². The first-order chi connectivity index (χ1) is 23.9. The summed E-state index contributed by atoms with van der Waals surface area (Å²) >= 11 is 3.64. The average Bonchev–Trinajstić information content (AvgIpc) is 3.53. The van der Waals surface area contributed by atoms with Gasteiger partial charge < -0.3 is 35.2 Å². The number of oxime groups is 1. The second kappa shape index (κ2) is 16.1. The van der Waals surface area contributed by atoms with Gasteiger partial charge in [0.2, 0.25) is 0 Å². The Morgan fingerprint density at radius 1 is 1.12 bits per heavy atom. The second-order valence-corrected chi connectivity index (χ2v) is 14.8. The number of β-lactam (4-membered cyclic amide) rings is 1. The van der Waals surface area contributed by atoms with Gasteiger partial charge in [-0.15, -0.1) is 23.1 Å². The molecule has 1 unspecified atom stereocenters. The zero-order valence-electron chi connectivity index (χ0n) is 27.4. The lowest BCUT2D eigenvalue weighted by Crippen LogP contribution is -2.71. The molecule has 50 heavy (non-hydrogen) atoms. The molecule has 2 aliphatic heterocycles. The first kappa shape index (κ1) is 36.9. The van der Waals surface area contributed by atoms with Crippen LogP contribution < -0.4 is 11.1 Å². The lowest BCUT2D eigenvalue weighted by molar-refractivity contribution is -0.214. The van der Waals surface area contributed by atoms with Gasteiger partial charge in [-0.2, -0.15) is 0 Å². The quantitative estimate of drug-likeness (QED) is 0.0708. The molecule has 2 amide bonds. The van der Waals surface area contributed by atoms with Crippen molar-refractivity contribution < 1.29 is 43.3 Å². The van der Waals surface area contributed by atoms with Crippen molar-refractivity contribution >= 4 is 69.5 Å². The Labute approximate surface area is 300 Å². The minimum Gasteiger partial charge on any atom is -0.477 e. The van der Waals surface area contributed by atoms with Crippen LogP contribution in [0.25, 0.3) is 0 Å². The summed E-state index contributed by atoms with van der Waals surface area (Å²) in [6, 6.07) is 17.4. The number of rotatable bonds is 14. The van der Waals surface area contributed by atoms with Crippen molar-refractivity contribution in [2.24, 2.45) is 5.16 Å². The van der Waals surface area contributed by atoms with Crippen molar-refractivity contribution in [3.63, 3.8) is 0 Å². The average molecular weight is 742 g/mol. The number of fused-ring (bicyclic) bond motifs is 1. The van der Waals surface area contributed by atoms with E-state index in [1.54, 1.807) is 20.8 Å². The highest BCUT2D eigenvalue weighted by molar-refractivity contribution is 8.06. The highest BCUT2D eigenvalue weighted by atomic mass is 32.2. The maximum absolute atomic E-state index is 14.1. The lowest BCUT2D eigenvalue weighted by Gasteiger charge is -2.49. The number of carbonyl (C=O) groups is 4. The molecule has 0 saturated carbocycles. The fourth-order valence-corrected chi connectivity index (χ4v) is 7.78. The first-order valence-corrected chi connectivity index (χ1v) is 18.1. The van der Waals surface area contributed by atoms with Crippen LogP contribution in [0, 0.1) is 0 Å². The number of carboxylic acids is 1. The third kappa shape index (κ3) is 8.65. The van der Waals surface area contributed by atoms with Crippen LogP contribution in [0.5, 0.6) is 0 Å². The topological polar surface area (TPSA) is 192 Å². The number of ether oxygens (including phenoxy) is 3. The van der Waals surface area contributed by atoms with Crippen molar-refractivity contribution in [2.75, 3.05) is 24.5 Å². The summed E-state index contributed by atoms with van der Waals surface area (Å²) in [6.07, 6.45) is -2.60. The molecule has 1 saturated heterocycles. The van der Waals surface area contributed by atoms with E-state index in [4.69, 9.17) is 24.8 Å². The van der Waals surface area contributed by atoms with E-state index in [0.717, 1.165) is 22.5 Å². The molecule has 0 aliphatic carbocycles. The summed E-state index contributed by atoms with van der Waals surface area (Å²) in [4.78, 5) is 64.4. The number of methoxy groups -OCH3 is 1. The molecule has 3 atom stereocenters. The molecule has 3 heterocycles. The highest BCUT2D eigenvalue weighted by Gasteiger charge is 2.55. The largest absolute Gasteiger partial charge is 0.477 e. The molecule has 17 heteroatoms. The number of benzene rings is 2. The van der Waals surface area contributed by atoms with E-state index in [2.05, 4.69) is 15.5 Å². The number of nitrogen functional groups attached to an aromatic ring is 1. The molecule has 4 N–H and O–H groups in total. The van der Waals surface area contributed by atoms with Crippen LogP contribution >= 0.6 is 34.9 Å². The molecular formula is C33H35N5O9S3. The van der Waals surface area contributed by atoms with Gasteiger partial charge in [0.1, 0.15) is 22.8 Å². The van der Waals surface area contributed by atoms with Crippen LogP contribution in [-0.4, -0.2) is 86.6 Å². The third-order valence-corrected chi connectivity index (χ3v) is 10.3. The molecule has 1 aromatic heterocycles. The molecule has 0 bridgehead atoms. The monoisotopic (exact) mass is 741 g/mol. The summed E-state index contributed by atoms with van der Waals surface area (Å²) in [5, 5.41) is 16.9. The Balaban J connectivity index is 1.39. The van der Waals surface area contributed by atoms with Gasteiger partial charge in [-0.3, -0.25) is 14.5 Å². The molecule has 3 aromatic rings. The van der Waals surface area contributed by atoms with E-state index >= 15 is 0 Å². The SMILES string of the molecule is COCSC1=C(C(=O)OC(c2ccccc2)c2ccccc2)N2C(=O)[C@@H](NC(=O)/C(=N\OC(OC(C)(C)C)C(=O)O)c3csc(N)n3)[C@H]2SC1. The molecule has 5 rings (SSSR count). The molecule has 0 spiro atoms. The number of nitrogens with two attached hydrogens (primary N) is 1. The summed E-state index contributed by atoms with van der Waals surface area (Å²) in [5.74, 6) is -3.07. The molecule has 1 fully saturated rings. The smallest absolute Gasteiger partial charge is 0.376 e. The highest BCUT2D eigenvalue weighted by Crippen LogP contribution is 2.44. The normalized spacial score (nSPS) is 18.3. The predicted molar refractivity (Wildman–Crippen MR) is 189 cm³/mol. The van der Waals surface area contributed by atoms with Crippen LogP contribution in [0.1, 0.15) is 43.7 Å². The number of carboxylic acid groups (broad SMARTS) is 1. The summed E-state index contributed by atoms with van der Waals surface area (Å²) in [6.45, 7) is 4.88. The number of amides is 2. The maximum atomic E-state index is 14.1. The number of thioether (sulfide) groups is 2. The minimum atomic E-state index is -1.85. The lowest BCUT2D eigenvalue weighted by atomic mass is 10.0. The molecule has 0 radical (unpaired) electrons. The Morgan fingerprint density at radius 3 is 2.30 bits per heavy atom. The minimum absolute atomic E-state index is 0.0000958. The number of hydrogen-bond donors (Lipinski definition) is 3. The number of carbonyl (C=O) groups excluding carboxylic acids is 3. The van der Waals surface area contributed by atoms with E-state index in [9.17, 15) is 24.3 Å². The fraction of sp³-hybridized carbons (Fsp3) is 0.333. The first-order valence-electron chi connectivity index (χ1n) is 15.1. The van der Waals surface area contributed by atoms with Crippen LogP contribution in [0.15, 0.2) is 81.8 Å². The maximum Gasteiger partial charge on any atom is 0.376 e. The standard InChI is InChI=1S/C33H35N5O9S3/c1-33(2,3)46-31(29(41)42)47-37-22(20-15-49-32(34)35-20)26(39)36-23-27(40)38-24(21(50-17-44-4)16-48-28(23)38)30(43)45-25(18-11-7-5-8-12-18)19-13-9-6-10-14-19/h5-15,23,25,28,31H,16-17H2,1-4H3,(H2,34,35)(H,36,39)(H,41,42)/b37-22-/t23-,28-,31?/m1/s1. The van der Waals surface area contributed by atoms with Crippen molar-refractivity contribution in [1.82, 2.24) is 15.2 Å². The van der Waals surface area contributed by atoms with Gasteiger partial charge in [-0.25, -0.2) is 14.6 Å².